The normalized spacial score (nSPS) is 11.9. The molecule has 26 heavy (non-hydrogen) atoms. The number of fused-ring (bicyclic) bond motifs is 1. The van der Waals surface area contributed by atoms with Gasteiger partial charge in [0.15, 0.2) is 11.6 Å². The van der Waals surface area contributed by atoms with Crippen LogP contribution in [0.3, 0.4) is 0 Å². The lowest BCUT2D eigenvalue weighted by molar-refractivity contribution is 0.0662. The number of imidazole rings is 1. The monoisotopic (exact) mass is 363 g/mol. The summed E-state index contributed by atoms with van der Waals surface area (Å²) in [7, 11) is 1.65. The fourth-order valence-electron chi connectivity index (χ4n) is 2.66. The van der Waals surface area contributed by atoms with E-state index in [0.717, 1.165) is 6.20 Å². The van der Waals surface area contributed by atoms with E-state index in [-0.39, 0.29) is 11.5 Å². The Labute approximate surface area is 147 Å². The second kappa shape index (κ2) is 6.49. The molecular formula is C17H19F2N5O2. The van der Waals surface area contributed by atoms with Crippen LogP contribution in [-0.4, -0.2) is 29.8 Å². The molecule has 0 fully saturated rings. The van der Waals surface area contributed by atoms with E-state index in [4.69, 9.17) is 0 Å². The number of nitrogens with zero attached hydrogens (tertiary/aromatic N) is 4. The number of hydrogen-bond donors (Lipinski definition) is 2. The van der Waals surface area contributed by atoms with Gasteiger partial charge in [-0.1, -0.05) is 0 Å². The molecule has 0 amide bonds. The van der Waals surface area contributed by atoms with Crippen LogP contribution >= 0.6 is 0 Å². The van der Waals surface area contributed by atoms with Gasteiger partial charge in [0.2, 0.25) is 0 Å². The fourth-order valence-corrected chi connectivity index (χ4v) is 2.66. The summed E-state index contributed by atoms with van der Waals surface area (Å²) in [5.41, 5.74) is 0.601. The number of rotatable bonds is 5. The van der Waals surface area contributed by atoms with Crippen molar-refractivity contribution in [1.82, 2.24) is 19.1 Å². The maximum atomic E-state index is 13.7. The first kappa shape index (κ1) is 18.0. The second-order valence-corrected chi connectivity index (χ2v) is 6.72. The molecule has 0 bridgehead atoms. The Morgan fingerprint density at radius 3 is 2.69 bits per heavy atom. The highest BCUT2D eigenvalue weighted by atomic mass is 19.1. The topological polar surface area (TPSA) is 85.0 Å². The van der Waals surface area contributed by atoms with Gasteiger partial charge in [-0.3, -0.25) is 9.13 Å². The molecule has 2 aromatic heterocycles. The van der Waals surface area contributed by atoms with E-state index in [1.165, 1.54) is 9.13 Å². The molecule has 0 saturated heterocycles. The molecule has 9 heteroatoms. The van der Waals surface area contributed by atoms with Gasteiger partial charge < -0.3 is 10.4 Å². The van der Waals surface area contributed by atoms with E-state index in [1.807, 2.05) is 0 Å². The zero-order valence-electron chi connectivity index (χ0n) is 14.6. The Hall–Kier alpha value is -2.81. The Bertz CT molecular complexity index is 1020. The predicted molar refractivity (Wildman–Crippen MR) is 93.3 cm³/mol. The van der Waals surface area contributed by atoms with Crippen LogP contribution in [0.1, 0.15) is 20.3 Å². The minimum Gasteiger partial charge on any atom is -0.390 e. The third kappa shape index (κ3) is 3.57. The van der Waals surface area contributed by atoms with Crippen molar-refractivity contribution in [2.45, 2.75) is 32.4 Å². The van der Waals surface area contributed by atoms with Gasteiger partial charge in [0, 0.05) is 19.3 Å². The first-order valence-electron chi connectivity index (χ1n) is 8.02. The summed E-state index contributed by atoms with van der Waals surface area (Å²) in [5, 5.41) is 12.6. The highest BCUT2D eigenvalue weighted by molar-refractivity contribution is 5.81. The van der Waals surface area contributed by atoms with Gasteiger partial charge in [-0.15, -0.1) is 0 Å². The number of halogens is 2. The second-order valence-electron chi connectivity index (χ2n) is 6.72. The van der Waals surface area contributed by atoms with E-state index in [2.05, 4.69) is 15.3 Å². The van der Waals surface area contributed by atoms with Gasteiger partial charge in [-0.25, -0.2) is 14.2 Å². The number of aliphatic hydroxyl groups is 1. The SMILES string of the molecule is Cn1c(=O)n(CCC(C)(C)O)c2cc(Nc3nc(F)ncc3F)ccc21. The van der Waals surface area contributed by atoms with Crippen molar-refractivity contribution in [2.75, 3.05) is 5.32 Å². The zero-order chi connectivity index (χ0) is 19.1. The van der Waals surface area contributed by atoms with Crippen molar-refractivity contribution in [3.63, 3.8) is 0 Å². The van der Waals surface area contributed by atoms with Gasteiger partial charge in [0.05, 0.1) is 22.8 Å². The molecule has 2 N–H and O–H groups in total. The molecule has 0 aliphatic heterocycles. The number of aryl methyl sites for hydroxylation is 2. The van der Waals surface area contributed by atoms with Gasteiger partial charge in [0.1, 0.15) is 0 Å². The molecule has 2 heterocycles. The third-order valence-corrected chi connectivity index (χ3v) is 4.07. The fraction of sp³-hybridized carbons (Fsp3) is 0.353. The molecule has 3 rings (SSSR count). The Morgan fingerprint density at radius 2 is 2.00 bits per heavy atom. The van der Waals surface area contributed by atoms with Gasteiger partial charge >= 0.3 is 11.8 Å². The number of anilines is 2. The lowest BCUT2D eigenvalue weighted by Crippen LogP contribution is -2.27. The lowest BCUT2D eigenvalue weighted by Gasteiger charge is -2.17. The molecule has 0 aliphatic carbocycles. The summed E-state index contributed by atoms with van der Waals surface area (Å²) in [6.07, 6.45) is 0.0807. The van der Waals surface area contributed by atoms with Crippen LogP contribution in [0.4, 0.5) is 20.3 Å². The summed E-state index contributed by atoms with van der Waals surface area (Å²) in [4.78, 5) is 19.0. The molecule has 0 saturated carbocycles. The molecule has 1 aromatic carbocycles. The van der Waals surface area contributed by atoms with E-state index in [1.54, 1.807) is 39.1 Å². The van der Waals surface area contributed by atoms with Crippen molar-refractivity contribution < 1.29 is 13.9 Å². The minimum absolute atomic E-state index is 0.222. The summed E-state index contributed by atoms with van der Waals surface area (Å²) >= 11 is 0. The van der Waals surface area contributed by atoms with Crippen molar-refractivity contribution in [3.05, 3.63) is 46.8 Å². The Morgan fingerprint density at radius 1 is 1.27 bits per heavy atom. The molecular weight excluding hydrogens is 344 g/mol. The molecule has 0 atom stereocenters. The highest BCUT2D eigenvalue weighted by Crippen LogP contribution is 2.23. The maximum absolute atomic E-state index is 13.7. The molecule has 138 valence electrons. The third-order valence-electron chi connectivity index (χ3n) is 4.07. The first-order valence-corrected chi connectivity index (χ1v) is 8.02. The number of nitrogens with one attached hydrogen (secondary N) is 1. The van der Waals surface area contributed by atoms with E-state index in [0.29, 0.717) is 29.7 Å². The summed E-state index contributed by atoms with van der Waals surface area (Å²) in [6.45, 7) is 3.66. The minimum atomic E-state index is -1.04. The number of benzene rings is 1. The lowest BCUT2D eigenvalue weighted by atomic mass is 10.1. The van der Waals surface area contributed by atoms with Crippen LogP contribution in [-0.2, 0) is 13.6 Å². The van der Waals surface area contributed by atoms with Gasteiger partial charge in [-0.2, -0.15) is 9.37 Å². The van der Waals surface area contributed by atoms with E-state index < -0.39 is 17.5 Å². The van der Waals surface area contributed by atoms with Crippen LogP contribution in [0.2, 0.25) is 0 Å². The standard InChI is InChI=1S/C17H19F2N5O2/c1-17(2,26)6-7-24-13-8-10(4-5-12(13)23(3)16(24)25)21-14-11(18)9-20-15(19)22-14/h4-5,8-9,26H,6-7H2,1-3H3,(H,20,21,22). The molecule has 0 radical (unpaired) electrons. The number of aromatic nitrogens is 4. The molecule has 0 unspecified atom stereocenters. The van der Waals surface area contributed by atoms with Crippen molar-refractivity contribution in [3.8, 4) is 0 Å². The molecule has 0 aliphatic rings. The summed E-state index contributed by atoms with van der Waals surface area (Å²) in [5.74, 6) is -1.09. The number of hydrogen-bond acceptors (Lipinski definition) is 5. The van der Waals surface area contributed by atoms with E-state index in [9.17, 15) is 18.7 Å². The van der Waals surface area contributed by atoms with Crippen molar-refractivity contribution in [1.29, 1.82) is 0 Å². The summed E-state index contributed by atoms with van der Waals surface area (Å²) in [6, 6.07) is 5.00. The van der Waals surface area contributed by atoms with E-state index >= 15 is 0 Å². The molecule has 7 nitrogen and oxygen atoms in total. The largest absolute Gasteiger partial charge is 0.390 e. The average molecular weight is 363 g/mol. The molecule has 3 aromatic rings. The Balaban J connectivity index is 2.01. The average Bonchev–Trinajstić information content (AvgIpc) is 2.79. The van der Waals surface area contributed by atoms with Gasteiger partial charge in [0.25, 0.3) is 0 Å². The quantitative estimate of drug-likeness (QED) is 0.680. The first-order chi connectivity index (χ1) is 12.2. The van der Waals surface area contributed by atoms with Crippen molar-refractivity contribution in [2.24, 2.45) is 7.05 Å². The van der Waals surface area contributed by atoms with Crippen LogP contribution in [0.5, 0.6) is 0 Å². The van der Waals surface area contributed by atoms with Crippen LogP contribution < -0.4 is 11.0 Å². The Kier molecular flexibility index (Phi) is 4.49. The smallest absolute Gasteiger partial charge is 0.328 e. The highest BCUT2D eigenvalue weighted by Gasteiger charge is 2.17. The predicted octanol–water partition coefficient (Wildman–Crippen LogP) is 2.31. The van der Waals surface area contributed by atoms with Gasteiger partial charge in [-0.05, 0) is 38.5 Å². The maximum Gasteiger partial charge on any atom is 0.328 e. The van der Waals surface area contributed by atoms with Crippen LogP contribution in [0.25, 0.3) is 11.0 Å². The van der Waals surface area contributed by atoms with Crippen molar-refractivity contribution >= 4 is 22.5 Å². The molecule has 0 spiro atoms. The van der Waals surface area contributed by atoms with Crippen LogP contribution in [0, 0.1) is 11.9 Å². The summed E-state index contributed by atoms with van der Waals surface area (Å²) < 4.78 is 29.9. The zero-order valence-corrected chi connectivity index (χ0v) is 14.6. The van der Waals surface area contributed by atoms with Crippen LogP contribution in [0.15, 0.2) is 29.2 Å².